The summed E-state index contributed by atoms with van der Waals surface area (Å²) in [6.45, 7) is 3.37. The van der Waals surface area contributed by atoms with E-state index in [1.807, 2.05) is 25.1 Å². The normalized spacial score (nSPS) is 14.8. The Morgan fingerprint density at radius 1 is 1.47 bits per heavy atom. The summed E-state index contributed by atoms with van der Waals surface area (Å²) < 4.78 is 0.997. The van der Waals surface area contributed by atoms with Crippen LogP contribution in [0.2, 0.25) is 0 Å². The van der Waals surface area contributed by atoms with Gasteiger partial charge in [-0.25, -0.2) is 0 Å². The molecule has 2 amide bonds. The zero-order chi connectivity index (χ0) is 13.8. The first-order chi connectivity index (χ1) is 9.06. The fourth-order valence-electron chi connectivity index (χ4n) is 2.12. The highest BCUT2D eigenvalue weighted by Crippen LogP contribution is 2.15. The van der Waals surface area contributed by atoms with Crippen molar-refractivity contribution < 1.29 is 9.59 Å². The molecule has 0 unspecified atom stereocenters. The van der Waals surface area contributed by atoms with Crippen LogP contribution in [0.1, 0.15) is 24.0 Å². The number of rotatable bonds is 4. The number of carbonyl (C=O) groups is 2. The lowest BCUT2D eigenvalue weighted by Gasteiger charge is -2.15. The molecule has 1 aliphatic heterocycles. The topological polar surface area (TPSA) is 49.4 Å². The molecule has 102 valence electrons. The van der Waals surface area contributed by atoms with Gasteiger partial charge in [0.05, 0.1) is 6.54 Å². The molecule has 1 fully saturated rings. The quantitative estimate of drug-likeness (QED) is 0.920. The van der Waals surface area contributed by atoms with Crippen molar-refractivity contribution in [1.82, 2.24) is 10.2 Å². The fourth-order valence-corrected chi connectivity index (χ4v) is 2.53. The molecule has 1 heterocycles. The first kappa shape index (κ1) is 14.1. The molecular formula is C14H17BrN2O2. The Hall–Kier alpha value is -1.36. The molecular weight excluding hydrogens is 308 g/mol. The highest BCUT2D eigenvalue weighted by Gasteiger charge is 2.22. The van der Waals surface area contributed by atoms with Crippen LogP contribution in [0.25, 0.3) is 0 Å². The van der Waals surface area contributed by atoms with Crippen molar-refractivity contribution in [3.05, 3.63) is 33.8 Å². The van der Waals surface area contributed by atoms with E-state index in [4.69, 9.17) is 0 Å². The van der Waals surface area contributed by atoms with E-state index in [1.165, 1.54) is 0 Å². The smallest absolute Gasteiger partial charge is 0.239 e. The van der Waals surface area contributed by atoms with Gasteiger partial charge in [0.1, 0.15) is 0 Å². The Morgan fingerprint density at radius 3 is 2.95 bits per heavy atom. The second-order valence-electron chi connectivity index (χ2n) is 4.77. The molecule has 19 heavy (non-hydrogen) atoms. The largest absolute Gasteiger partial charge is 0.350 e. The number of nitrogens with one attached hydrogen (secondary N) is 1. The van der Waals surface area contributed by atoms with Crippen LogP contribution >= 0.6 is 15.9 Å². The monoisotopic (exact) mass is 324 g/mol. The first-order valence-corrected chi connectivity index (χ1v) is 7.15. The summed E-state index contributed by atoms with van der Waals surface area (Å²) in [5, 5.41) is 2.86. The minimum Gasteiger partial charge on any atom is -0.350 e. The molecule has 2 rings (SSSR count). The lowest BCUT2D eigenvalue weighted by Crippen LogP contribution is -2.37. The number of carbonyl (C=O) groups excluding carboxylic acids is 2. The van der Waals surface area contributed by atoms with Gasteiger partial charge in [-0.15, -0.1) is 0 Å². The van der Waals surface area contributed by atoms with Crippen LogP contribution in [-0.4, -0.2) is 29.8 Å². The molecule has 1 saturated heterocycles. The van der Waals surface area contributed by atoms with E-state index in [1.54, 1.807) is 4.90 Å². The zero-order valence-electron chi connectivity index (χ0n) is 10.9. The van der Waals surface area contributed by atoms with Gasteiger partial charge >= 0.3 is 0 Å². The van der Waals surface area contributed by atoms with E-state index in [0.717, 1.165) is 22.0 Å². The Labute approximate surface area is 121 Å². The highest BCUT2D eigenvalue weighted by molar-refractivity contribution is 9.10. The molecule has 1 aromatic rings. The van der Waals surface area contributed by atoms with E-state index in [-0.39, 0.29) is 18.4 Å². The third-order valence-electron chi connectivity index (χ3n) is 3.29. The second kappa shape index (κ2) is 6.19. The predicted molar refractivity (Wildman–Crippen MR) is 76.5 cm³/mol. The number of aryl methyl sites for hydroxylation is 1. The van der Waals surface area contributed by atoms with Gasteiger partial charge in [-0.05, 0) is 36.6 Å². The van der Waals surface area contributed by atoms with Crippen molar-refractivity contribution in [2.24, 2.45) is 0 Å². The molecule has 1 aliphatic rings. The average molecular weight is 325 g/mol. The maximum absolute atomic E-state index is 11.8. The van der Waals surface area contributed by atoms with Gasteiger partial charge in [0.15, 0.2) is 0 Å². The summed E-state index contributed by atoms with van der Waals surface area (Å²) in [4.78, 5) is 24.8. The number of nitrogens with zero attached hydrogens (tertiary/aromatic N) is 1. The van der Waals surface area contributed by atoms with Crippen molar-refractivity contribution >= 4 is 27.7 Å². The number of halogens is 1. The lowest BCUT2D eigenvalue weighted by atomic mass is 10.1. The van der Waals surface area contributed by atoms with Crippen molar-refractivity contribution in [2.45, 2.75) is 26.3 Å². The van der Waals surface area contributed by atoms with E-state index in [0.29, 0.717) is 19.5 Å². The SMILES string of the molecule is Cc1ccc(Br)cc1CNC(=O)CN1CCCC1=O. The highest BCUT2D eigenvalue weighted by atomic mass is 79.9. The molecule has 1 N–H and O–H groups in total. The summed E-state index contributed by atoms with van der Waals surface area (Å²) >= 11 is 3.42. The summed E-state index contributed by atoms with van der Waals surface area (Å²) in [5.41, 5.74) is 2.22. The van der Waals surface area contributed by atoms with E-state index in [9.17, 15) is 9.59 Å². The van der Waals surface area contributed by atoms with Crippen LogP contribution in [0.4, 0.5) is 0 Å². The summed E-state index contributed by atoms with van der Waals surface area (Å²) in [5.74, 6) is -0.0246. The fraction of sp³-hybridized carbons (Fsp3) is 0.429. The lowest BCUT2D eigenvalue weighted by molar-refractivity contribution is -0.133. The minimum atomic E-state index is -0.102. The maximum atomic E-state index is 11.8. The molecule has 0 aliphatic carbocycles. The molecule has 0 aromatic heterocycles. The van der Waals surface area contributed by atoms with Crippen LogP contribution < -0.4 is 5.32 Å². The van der Waals surface area contributed by atoms with E-state index in [2.05, 4.69) is 21.2 Å². The Bertz CT molecular complexity index is 502. The van der Waals surface area contributed by atoms with Crippen molar-refractivity contribution in [2.75, 3.05) is 13.1 Å². The molecule has 0 bridgehead atoms. The first-order valence-electron chi connectivity index (χ1n) is 6.36. The maximum Gasteiger partial charge on any atom is 0.239 e. The zero-order valence-corrected chi connectivity index (χ0v) is 12.5. The molecule has 0 saturated carbocycles. The molecule has 5 heteroatoms. The number of benzene rings is 1. The number of hydrogen-bond donors (Lipinski definition) is 1. The molecule has 1 aromatic carbocycles. The molecule has 0 spiro atoms. The molecule has 0 atom stereocenters. The van der Waals surface area contributed by atoms with Crippen LogP contribution in [-0.2, 0) is 16.1 Å². The van der Waals surface area contributed by atoms with Gasteiger partial charge in [-0.3, -0.25) is 9.59 Å². The Balaban J connectivity index is 1.86. The number of amides is 2. The summed E-state index contributed by atoms with van der Waals surface area (Å²) in [6, 6.07) is 5.98. The van der Waals surface area contributed by atoms with Gasteiger partial charge in [0.2, 0.25) is 11.8 Å². The second-order valence-corrected chi connectivity index (χ2v) is 5.68. The van der Waals surface area contributed by atoms with Crippen LogP contribution in [0.15, 0.2) is 22.7 Å². The van der Waals surface area contributed by atoms with Gasteiger partial charge in [-0.2, -0.15) is 0 Å². The number of likely N-dealkylation sites (tertiary alicyclic amines) is 1. The molecule has 0 radical (unpaired) electrons. The van der Waals surface area contributed by atoms with Crippen molar-refractivity contribution in [3.63, 3.8) is 0 Å². The summed E-state index contributed by atoms with van der Waals surface area (Å²) in [6.07, 6.45) is 1.43. The van der Waals surface area contributed by atoms with Crippen LogP contribution in [0, 0.1) is 6.92 Å². The Morgan fingerprint density at radius 2 is 2.26 bits per heavy atom. The van der Waals surface area contributed by atoms with Crippen LogP contribution in [0.3, 0.4) is 0 Å². The Kier molecular flexibility index (Phi) is 4.58. The van der Waals surface area contributed by atoms with Gasteiger partial charge in [0.25, 0.3) is 0 Å². The third kappa shape index (κ3) is 3.80. The number of hydrogen-bond acceptors (Lipinski definition) is 2. The third-order valence-corrected chi connectivity index (χ3v) is 3.79. The van der Waals surface area contributed by atoms with Gasteiger partial charge < -0.3 is 10.2 Å². The molecule has 4 nitrogen and oxygen atoms in total. The minimum absolute atomic E-state index is 0.0776. The predicted octanol–water partition coefficient (Wildman–Crippen LogP) is 2.00. The van der Waals surface area contributed by atoms with E-state index < -0.39 is 0 Å². The average Bonchev–Trinajstić information content (AvgIpc) is 2.76. The summed E-state index contributed by atoms with van der Waals surface area (Å²) in [7, 11) is 0. The van der Waals surface area contributed by atoms with Crippen molar-refractivity contribution in [3.8, 4) is 0 Å². The van der Waals surface area contributed by atoms with Crippen LogP contribution in [0.5, 0.6) is 0 Å². The van der Waals surface area contributed by atoms with Gasteiger partial charge in [-0.1, -0.05) is 22.0 Å². The van der Waals surface area contributed by atoms with E-state index >= 15 is 0 Å². The van der Waals surface area contributed by atoms with Crippen molar-refractivity contribution in [1.29, 1.82) is 0 Å². The standard InChI is InChI=1S/C14H17BrN2O2/c1-10-4-5-12(15)7-11(10)8-16-13(18)9-17-6-2-3-14(17)19/h4-5,7H,2-3,6,8-9H2,1H3,(H,16,18). The van der Waals surface area contributed by atoms with Gasteiger partial charge in [0, 0.05) is 24.0 Å².